The molecule has 1 rings (SSSR count). The van der Waals surface area contributed by atoms with Crippen LogP contribution < -0.4 is 5.32 Å². The van der Waals surface area contributed by atoms with Crippen molar-refractivity contribution < 1.29 is 9.59 Å². The van der Waals surface area contributed by atoms with E-state index in [1.165, 1.54) is 0 Å². The highest BCUT2D eigenvalue weighted by atomic mass is 79.9. The standard InChI is InChI=1S/C10H10BrNO2/c11-8-3-5-9(6-4-8)12-10(14)2-1-7-13/h3-7H,1-2H2,(H,12,14). The molecule has 0 fully saturated rings. The smallest absolute Gasteiger partial charge is 0.224 e. The van der Waals surface area contributed by atoms with Gasteiger partial charge in [-0.2, -0.15) is 0 Å². The molecule has 1 amide bonds. The lowest BCUT2D eigenvalue weighted by Crippen LogP contribution is -2.10. The van der Waals surface area contributed by atoms with E-state index in [1.54, 1.807) is 12.1 Å². The number of amides is 1. The zero-order chi connectivity index (χ0) is 10.4. The van der Waals surface area contributed by atoms with Crippen LogP contribution in [0.4, 0.5) is 5.69 Å². The summed E-state index contributed by atoms with van der Waals surface area (Å²) in [5.41, 5.74) is 0.740. The lowest BCUT2D eigenvalue weighted by Gasteiger charge is -2.03. The Morgan fingerprint density at radius 3 is 2.57 bits per heavy atom. The predicted molar refractivity (Wildman–Crippen MR) is 58.1 cm³/mol. The molecule has 4 heteroatoms. The van der Waals surface area contributed by atoms with Crippen LogP contribution in [0.1, 0.15) is 12.8 Å². The SMILES string of the molecule is O=CCCC(=O)Nc1ccc(Br)cc1. The van der Waals surface area contributed by atoms with Gasteiger partial charge in [-0.15, -0.1) is 0 Å². The van der Waals surface area contributed by atoms with Gasteiger partial charge < -0.3 is 10.1 Å². The third-order valence-electron chi connectivity index (χ3n) is 1.62. The molecule has 1 N–H and O–H groups in total. The maximum Gasteiger partial charge on any atom is 0.224 e. The first-order valence-corrected chi connectivity index (χ1v) is 5.00. The van der Waals surface area contributed by atoms with Crippen molar-refractivity contribution in [1.82, 2.24) is 0 Å². The molecule has 1 aromatic carbocycles. The summed E-state index contributed by atoms with van der Waals surface area (Å²) in [6.45, 7) is 0. The number of halogens is 1. The van der Waals surface area contributed by atoms with Gasteiger partial charge in [0.1, 0.15) is 6.29 Å². The van der Waals surface area contributed by atoms with Crippen LogP contribution in [0.25, 0.3) is 0 Å². The van der Waals surface area contributed by atoms with Crippen molar-refractivity contribution in [3.63, 3.8) is 0 Å². The number of anilines is 1. The van der Waals surface area contributed by atoms with E-state index in [2.05, 4.69) is 21.2 Å². The maximum absolute atomic E-state index is 11.2. The zero-order valence-corrected chi connectivity index (χ0v) is 9.08. The van der Waals surface area contributed by atoms with Gasteiger partial charge in [0.25, 0.3) is 0 Å². The van der Waals surface area contributed by atoms with Crippen molar-refractivity contribution >= 4 is 33.8 Å². The van der Waals surface area contributed by atoms with E-state index >= 15 is 0 Å². The summed E-state index contributed by atoms with van der Waals surface area (Å²) in [6.07, 6.45) is 1.24. The Morgan fingerprint density at radius 2 is 2.00 bits per heavy atom. The highest BCUT2D eigenvalue weighted by Gasteiger charge is 2.00. The van der Waals surface area contributed by atoms with Crippen molar-refractivity contribution in [3.05, 3.63) is 28.7 Å². The van der Waals surface area contributed by atoms with E-state index < -0.39 is 0 Å². The van der Waals surface area contributed by atoms with Crippen LogP contribution >= 0.6 is 15.9 Å². The van der Waals surface area contributed by atoms with Crippen molar-refractivity contribution in [1.29, 1.82) is 0 Å². The van der Waals surface area contributed by atoms with Crippen molar-refractivity contribution in [2.24, 2.45) is 0 Å². The maximum atomic E-state index is 11.2. The van der Waals surface area contributed by atoms with Crippen molar-refractivity contribution in [3.8, 4) is 0 Å². The molecule has 0 aliphatic carbocycles. The molecule has 74 valence electrons. The first-order valence-electron chi connectivity index (χ1n) is 4.21. The summed E-state index contributed by atoms with van der Waals surface area (Å²) in [5, 5.41) is 2.69. The highest BCUT2D eigenvalue weighted by Crippen LogP contribution is 2.14. The Bertz CT molecular complexity index is 321. The molecule has 0 bridgehead atoms. The quantitative estimate of drug-likeness (QED) is 0.840. The van der Waals surface area contributed by atoms with Crippen LogP contribution in [0.2, 0.25) is 0 Å². The molecular formula is C10H10BrNO2. The van der Waals surface area contributed by atoms with Crippen LogP contribution in [0.3, 0.4) is 0 Å². The molecule has 0 saturated carbocycles. The minimum atomic E-state index is -0.139. The molecule has 0 aromatic heterocycles. The largest absolute Gasteiger partial charge is 0.326 e. The Kier molecular flexibility index (Phi) is 4.32. The number of carbonyl (C=O) groups excluding carboxylic acids is 2. The number of benzene rings is 1. The first kappa shape index (κ1) is 10.9. The van der Waals surface area contributed by atoms with Crippen LogP contribution in [0.15, 0.2) is 28.7 Å². The van der Waals surface area contributed by atoms with Gasteiger partial charge in [0, 0.05) is 23.0 Å². The summed E-state index contributed by atoms with van der Waals surface area (Å²) in [6, 6.07) is 7.27. The Balaban J connectivity index is 2.47. The predicted octanol–water partition coefficient (Wildman–Crippen LogP) is 2.37. The van der Waals surface area contributed by atoms with Crippen molar-refractivity contribution in [2.45, 2.75) is 12.8 Å². The minimum absolute atomic E-state index is 0.139. The molecule has 0 unspecified atom stereocenters. The second kappa shape index (κ2) is 5.54. The second-order valence-electron chi connectivity index (χ2n) is 2.76. The van der Waals surface area contributed by atoms with Gasteiger partial charge >= 0.3 is 0 Å². The lowest BCUT2D eigenvalue weighted by atomic mass is 10.3. The van der Waals surface area contributed by atoms with Gasteiger partial charge in [-0.3, -0.25) is 4.79 Å². The highest BCUT2D eigenvalue weighted by molar-refractivity contribution is 9.10. The van der Waals surface area contributed by atoms with Crippen LogP contribution in [-0.2, 0) is 9.59 Å². The lowest BCUT2D eigenvalue weighted by molar-refractivity contribution is -0.118. The summed E-state index contributed by atoms with van der Waals surface area (Å²) in [4.78, 5) is 21.2. The third kappa shape index (κ3) is 3.70. The second-order valence-corrected chi connectivity index (χ2v) is 3.68. The Morgan fingerprint density at radius 1 is 1.36 bits per heavy atom. The van der Waals surface area contributed by atoms with E-state index in [0.29, 0.717) is 0 Å². The fourth-order valence-corrected chi connectivity index (χ4v) is 1.21. The summed E-state index contributed by atoms with van der Waals surface area (Å²) in [5.74, 6) is -0.139. The topological polar surface area (TPSA) is 46.2 Å². The van der Waals surface area contributed by atoms with E-state index in [-0.39, 0.29) is 18.7 Å². The van der Waals surface area contributed by atoms with E-state index in [0.717, 1.165) is 16.4 Å². The number of nitrogens with one attached hydrogen (secondary N) is 1. The molecule has 0 heterocycles. The average Bonchev–Trinajstić information content (AvgIpc) is 2.18. The molecule has 0 saturated heterocycles. The first-order chi connectivity index (χ1) is 6.72. The molecule has 0 spiro atoms. The average molecular weight is 256 g/mol. The number of aldehydes is 1. The fourth-order valence-electron chi connectivity index (χ4n) is 0.947. The fraction of sp³-hybridized carbons (Fsp3) is 0.200. The zero-order valence-electron chi connectivity index (χ0n) is 7.50. The van der Waals surface area contributed by atoms with Gasteiger partial charge in [0.15, 0.2) is 0 Å². The van der Waals surface area contributed by atoms with E-state index in [1.807, 2.05) is 12.1 Å². The molecule has 3 nitrogen and oxygen atoms in total. The summed E-state index contributed by atoms with van der Waals surface area (Å²) >= 11 is 3.29. The normalized spacial score (nSPS) is 9.50. The van der Waals surface area contributed by atoms with Gasteiger partial charge in [0.05, 0.1) is 0 Å². The summed E-state index contributed by atoms with van der Waals surface area (Å²) in [7, 11) is 0. The van der Waals surface area contributed by atoms with Gasteiger partial charge in [-0.25, -0.2) is 0 Å². The molecule has 0 aliphatic rings. The van der Waals surface area contributed by atoms with Crippen molar-refractivity contribution in [2.75, 3.05) is 5.32 Å². The van der Waals surface area contributed by atoms with Crippen LogP contribution in [0, 0.1) is 0 Å². The molecule has 0 aliphatic heterocycles. The monoisotopic (exact) mass is 255 g/mol. The van der Waals surface area contributed by atoms with E-state index in [9.17, 15) is 9.59 Å². The summed E-state index contributed by atoms with van der Waals surface area (Å²) < 4.78 is 0.961. The number of hydrogen-bond donors (Lipinski definition) is 1. The van der Waals surface area contributed by atoms with Gasteiger partial charge in [-0.05, 0) is 24.3 Å². The third-order valence-corrected chi connectivity index (χ3v) is 2.15. The number of carbonyl (C=O) groups is 2. The van der Waals surface area contributed by atoms with E-state index in [4.69, 9.17) is 0 Å². The van der Waals surface area contributed by atoms with Gasteiger partial charge in [-0.1, -0.05) is 15.9 Å². The minimum Gasteiger partial charge on any atom is -0.326 e. The number of rotatable bonds is 4. The Labute approximate surface area is 90.6 Å². The molecular weight excluding hydrogens is 246 g/mol. The molecule has 1 aromatic rings. The van der Waals surface area contributed by atoms with Gasteiger partial charge in [0.2, 0.25) is 5.91 Å². The number of hydrogen-bond acceptors (Lipinski definition) is 2. The van der Waals surface area contributed by atoms with Crippen LogP contribution in [0.5, 0.6) is 0 Å². The molecule has 0 radical (unpaired) electrons. The Hall–Kier alpha value is -1.16. The molecule has 0 atom stereocenters. The van der Waals surface area contributed by atoms with Crippen LogP contribution in [-0.4, -0.2) is 12.2 Å². The molecule has 14 heavy (non-hydrogen) atoms.